The summed E-state index contributed by atoms with van der Waals surface area (Å²) in [7, 11) is 0. The van der Waals surface area contributed by atoms with Crippen LogP contribution in [0.15, 0.2) is 53.5 Å². The van der Waals surface area contributed by atoms with Crippen LogP contribution in [0.1, 0.15) is 63.1 Å². The molecule has 1 aliphatic rings. The Balaban J connectivity index is 1.30. The third-order valence-electron chi connectivity index (χ3n) is 6.63. The highest BCUT2D eigenvalue weighted by Gasteiger charge is 2.26. The smallest absolute Gasteiger partial charge is 0.258 e. The molecule has 0 bridgehead atoms. The first-order chi connectivity index (χ1) is 16.0. The third-order valence-corrected chi connectivity index (χ3v) is 6.63. The first-order valence-electron chi connectivity index (χ1n) is 12.0. The lowest BCUT2D eigenvalue weighted by molar-refractivity contribution is -0.121. The number of rotatable bonds is 8. The van der Waals surface area contributed by atoms with Crippen molar-refractivity contribution in [1.29, 1.82) is 0 Å². The van der Waals surface area contributed by atoms with Crippen LogP contribution >= 0.6 is 0 Å². The van der Waals surface area contributed by atoms with Gasteiger partial charge in [0.2, 0.25) is 5.91 Å². The Morgan fingerprint density at radius 3 is 2.64 bits per heavy atom. The van der Waals surface area contributed by atoms with Gasteiger partial charge in [-0.05, 0) is 74.4 Å². The summed E-state index contributed by atoms with van der Waals surface area (Å²) in [4.78, 5) is 29.6. The molecule has 2 heterocycles. The topological polar surface area (TPSA) is 72.7 Å². The van der Waals surface area contributed by atoms with Gasteiger partial charge < -0.3 is 10.1 Å². The van der Waals surface area contributed by atoms with E-state index >= 15 is 0 Å². The van der Waals surface area contributed by atoms with E-state index in [0.29, 0.717) is 17.1 Å². The van der Waals surface area contributed by atoms with Gasteiger partial charge in [-0.2, -0.15) is 0 Å². The number of fused-ring (bicyclic) bond motifs is 1. The molecule has 6 heteroatoms. The lowest BCUT2D eigenvalue weighted by Crippen LogP contribution is -2.27. The van der Waals surface area contributed by atoms with Gasteiger partial charge in [-0.25, -0.2) is 4.98 Å². The number of nitrogens with zero attached hydrogens (tertiary/aromatic N) is 2. The standard InChI is InChI=1S/C27H33N3O3/c1-3-4-7-20-8-10-21(11-9-20)27(32)29-22-12-14-24(15-13-22)33-18-23-17-25(31)30-16-5-6-19(2)26(30)28-23/h5-6,12-17,20-21H,3-4,7-11,18H2,1-2H3,(H,29,32). The van der Waals surface area contributed by atoms with Crippen LogP contribution in [0.2, 0.25) is 0 Å². The quantitative estimate of drug-likeness (QED) is 0.494. The summed E-state index contributed by atoms with van der Waals surface area (Å²) in [6.07, 6.45) is 9.86. The molecule has 1 N–H and O–H groups in total. The summed E-state index contributed by atoms with van der Waals surface area (Å²) < 4.78 is 7.37. The van der Waals surface area contributed by atoms with Crippen molar-refractivity contribution in [2.24, 2.45) is 11.8 Å². The lowest BCUT2D eigenvalue weighted by Gasteiger charge is -2.27. The molecule has 0 aliphatic heterocycles. The molecule has 1 fully saturated rings. The van der Waals surface area contributed by atoms with E-state index in [4.69, 9.17) is 4.74 Å². The first kappa shape index (κ1) is 23.0. The SMILES string of the molecule is CCCCC1CCC(C(=O)Nc2ccc(OCc3cc(=O)n4cccc(C)c4n3)cc2)CC1. The average Bonchev–Trinajstić information content (AvgIpc) is 2.83. The largest absolute Gasteiger partial charge is 0.487 e. The molecule has 3 aromatic rings. The van der Waals surface area contributed by atoms with Gasteiger partial charge in [0.05, 0.1) is 5.69 Å². The number of hydrogen-bond acceptors (Lipinski definition) is 4. The Labute approximate surface area is 195 Å². The van der Waals surface area contributed by atoms with Crippen molar-refractivity contribution < 1.29 is 9.53 Å². The molecule has 1 saturated carbocycles. The van der Waals surface area contributed by atoms with Crippen molar-refractivity contribution >= 4 is 17.2 Å². The number of nitrogens with one attached hydrogen (secondary N) is 1. The number of pyridine rings is 1. The molecule has 174 valence electrons. The maximum Gasteiger partial charge on any atom is 0.258 e. The number of hydrogen-bond donors (Lipinski definition) is 1. The van der Waals surface area contributed by atoms with Crippen LogP contribution in [0.3, 0.4) is 0 Å². The van der Waals surface area contributed by atoms with Crippen LogP contribution < -0.4 is 15.6 Å². The van der Waals surface area contributed by atoms with E-state index in [1.165, 1.54) is 29.7 Å². The molecule has 1 aromatic carbocycles. The van der Waals surface area contributed by atoms with E-state index < -0.39 is 0 Å². The second kappa shape index (κ2) is 10.6. The zero-order chi connectivity index (χ0) is 23.2. The Hall–Kier alpha value is -3.15. The normalized spacial score (nSPS) is 18.2. The summed E-state index contributed by atoms with van der Waals surface area (Å²) in [6, 6.07) is 12.6. The number of aryl methyl sites for hydroxylation is 1. The van der Waals surface area contributed by atoms with E-state index in [1.807, 2.05) is 43.3 Å². The minimum absolute atomic E-state index is 0.111. The fraction of sp³-hybridized carbons (Fsp3) is 0.444. The average molecular weight is 448 g/mol. The van der Waals surface area contributed by atoms with E-state index in [9.17, 15) is 9.59 Å². The molecule has 0 saturated heterocycles. The van der Waals surface area contributed by atoms with E-state index in [2.05, 4.69) is 17.2 Å². The first-order valence-corrected chi connectivity index (χ1v) is 12.0. The van der Waals surface area contributed by atoms with Gasteiger partial charge in [0.25, 0.3) is 5.56 Å². The van der Waals surface area contributed by atoms with Gasteiger partial charge in [-0.15, -0.1) is 0 Å². The van der Waals surface area contributed by atoms with Gasteiger partial charge in [-0.1, -0.05) is 32.3 Å². The van der Waals surface area contributed by atoms with Crippen molar-refractivity contribution in [3.63, 3.8) is 0 Å². The van der Waals surface area contributed by atoms with Gasteiger partial charge in [0, 0.05) is 23.9 Å². The summed E-state index contributed by atoms with van der Waals surface area (Å²) in [5, 5.41) is 3.05. The van der Waals surface area contributed by atoms with E-state index in [1.54, 1.807) is 6.20 Å². The highest BCUT2D eigenvalue weighted by Crippen LogP contribution is 2.32. The molecule has 0 unspecified atom stereocenters. The zero-order valence-corrected chi connectivity index (χ0v) is 19.5. The third kappa shape index (κ3) is 5.81. The molecule has 4 rings (SSSR count). The monoisotopic (exact) mass is 447 g/mol. The molecule has 0 radical (unpaired) electrons. The zero-order valence-electron chi connectivity index (χ0n) is 19.5. The van der Waals surface area contributed by atoms with Gasteiger partial charge in [0.1, 0.15) is 18.0 Å². The van der Waals surface area contributed by atoms with Gasteiger partial charge in [-0.3, -0.25) is 14.0 Å². The summed E-state index contributed by atoms with van der Waals surface area (Å²) in [5.41, 5.74) is 2.81. The maximum atomic E-state index is 12.7. The van der Waals surface area contributed by atoms with Crippen LogP contribution in [0, 0.1) is 18.8 Å². The minimum Gasteiger partial charge on any atom is -0.487 e. The molecule has 33 heavy (non-hydrogen) atoms. The number of amides is 1. The van der Waals surface area contributed by atoms with Crippen LogP contribution in [-0.4, -0.2) is 15.3 Å². The predicted octanol–water partition coefficient (Wildman–Crippen LogP) is 5.52. The fourth-order valence-electron chi connectivity index (χ4n) is 4.62. The number of benzene rings is 1. The Kier molecular flexibility index (Phi) is 7.43. The Morgan fingerprint density at radius 1 is 1.15 bits per heavy atom. The number of carbonyl (C=O) groups is 1. The molecule has 6 nitrogen and oxygen atoms in total. The summed E-state index contributed by atoms with van der Waals surface area (Å²) in [6.45, 7) is 4.36. The number of aromatic nitrogens is 2. The van der Waals surface area contributed by atoms with Crippen molar-refractivity contribution in [1.82, 2.24) is 9.38 Å². The van der Waals surface area contributed by atoms with E-state index in [0.717, 1.165) is 42.9 Å². The van der Waals surface area contributed by atoms with Crippen molar-refractivity contribution in [3.05, 3.63) is 70.3 Å². The van der Waals surface area contributed by atoms with Crippen molar-refractivity contribution in [3.8, 4) is 5.75 Å². The van der Waals surface area contributed by atoms with Crippen LogP contribution in [0.4, 0.5) is 5.69 Å². The van der Waals surface area contributed by atoms with Gasteiger partial charge >= 0.3 is 0 Å². The van der Waals surface area contributed by atoms with Crippen molar-refractivity contribution in [2.75, 3.05) is 5.32 Å². The van der Waals surface area contributed by atoms with Crippen LogP contribution in [0.5, 0.6) is 5.75 Å². The summed E-state index contributed by atoms with van der Waals surface area (Å²) >= 11 is 0. The number of unbranched alkanes of at least 4 members (excludes halogenated alkanes) is 1. The van der Waals surface area contributed by atoms with Crippen molar-refractivity contribution in [2.45, 2.75) is 65.4 Å². The predicted molar refractivity (Wildman–Crippen MR) is 131 cm³/mol. The molecule has 0 spiro atoms. The highest BCUT2D eigenvalue weighted by molar-refractivity contribution is 5.92. The maximum absolute atomic E-state index is 12.7. The molecule has 1 aliphatic carbocycles. The minimum atomic E-state index is -0.125. The summed E-state index contributed by atoms with van der Waals surface area (Å²) in [5.74, 6) is 1.69. The lowest BCUT2D eigenvalue weighted by atomic mass is 9.79. The molecular weight excluding hydrogens is 414 g/mol. The molecule has 0 atom stereocenters. The number of ether oxygens (including phenoxy) is 1. The van der Waals surface area contributed by atoms with Crippen LogP contribution in [0.25, 0.3) is 5.65 Å². The van der Waals surface area contributed by atoms with Gasteiger partial charge in [0.15, 0.2) is 0 Å². The second-order valence-corrected chi connectivity index (χ2v) is 9.13. The fourth-order valence-corrected chi connectivity index (χ4v) is 4.62. The molecule has 1 amide bonds. The number of anilines is 1. The Morgan fingerprint density at radius 2 is 1.91 bits per heavy atom. The Bertz CT molecular complexity index is 1150. The molecule has 2 aromatic heterocycles. The highest BCUT2D eigenvalue weighted by atomic mass is 16.5. The molecular formula is C27H33N3O3. The van der Waals surface area contributed by atoms with E-state index in [-0.39, 0.29) is 24.0 Å². The van der Waals surface area contributed by atoms with Crippen LogP contribution in [-0.2, 0) is 11.4 Å². The number of carbonyl (C=O) groups excluding carboxylic acids is 1. The second-order valence-electron chi connectivity index (χ2n) is 9.13.